The van der Waals surface area contributed by atoms with Crippen LogP contribution in [0.25, 0.3) is 11.4 Å². The molecule has 26 heavy (non-hydrogen) atoms. The fraction of sp³-hybridized carbons (Fsp3) is 0.579. The third-order valence-corrected chi connectivity index (χ3v) is 5.71. The van der Waals surface area contributed by atoms with Crippen LogP contribution in [0.1, 0.15) is 51.5 Å². The second kappa shape index (κ2) is 7.15. The summed E-state index contributed by atoms with van der Waals surface area (Å²) >= 11 is 0. The maximum absolute atomic E-state index is 12.0. The number of aromatic nitrogens is 3. The van der Waals surface area contributed by atoms with Gasteiger partial charge in [-0.15, -0.1) is 0 Å². The molecular weight excluding hydrogens is 330 g/mol. The van der Waals surface area contributed by atoms with Crippen LogP contribution in [-0.2, 0) is 4.79 Å². The molecule has 7 nitrogen and oxygen atoms in total. The molecule has 138 valence electrons. The fourth-order valence-electron chi connectivity index (χ4n) is 4.45. The Labute approximate surface area is 153 Å². The van der Waals surface area contributed by atoms with E-state index in [1.807, 2.05) is 17.0 Å². The van der Waals surface area contributed by atoms with Crippen LogP contribution in [0.5, 0.6) is 0 Å². The van der Waals surface area contributed by atoms with Gasteiger partial charge < -0.3 is 9.42 Å². The van der Waals surface area contributed by atoms with E-state index in [-0.39, 0.29) is 11.9 Å². The molecule has 0 spiro atoms. The van der Waals surface area contributed by atoms with Gasteiger partial charge in [0.2, 0.25) is 17.6 Å². The molecule has 2 aliphatic rings. The van der Waals surface area contributed by atoms with E-state index >= 15 is 0 Å². The van der Waals surface area contributed by atoms with Crippen molar-refractivity contribution in [3.8, 4) is 11.4 Å². The summed E-state index contributed by atoms with van der Waals surface area (Å²) in [4.78, 5) is 25.2. The van der Waals surface area contributed by atoms with E-state index in [2.05, 4.69) is 26.9 Å². The highest BCUT2D eigenvalue weighted by molar-refractivity contribution is 5.74. The van der Waals surface area contributed by atoms with Crippen LogP contribution in [0.2, 0.25) is 0 Å². The normalized spacial score (nSPS) is 24.9. The molecule has 0 unspecified atom stereocenters. The first-order valence-corrected chi connectivity index (χ1v) is 9.42. The van der Waals surface area contributed by atoms with Crippen molar-refractivity contribution in [2.45, 2.75) is 57.7 Å². The first-order chi connectivity index (χ1) is 12.6. The molecule has 0 bridgehead atoms. The first kappa shape index (κ1) is 17.1. The van der Waals surface area contributed by atoms with Crippen LogP contribution in [0.3, 0.4) is 0 Å². The Morgan fingerprint density at radius 2 is 2.08 bits per heavy atom. The second-order valence-corrected chi connectivity index (χ2v) is 7.24. The van der Waals surface area contributed by atoms with Crippen LogP contribution in [0.4, 0.5) is 0 Å². The second-order valence-electron chi connectivity index (χ2n) is 7.24. The Hall–Kier alpha value is -2.28. The Kier molecular flexibility index (Phi) is 4.72. The van der Waals surface area contributed by atoms with E-state index in [4.69, 9.17) is 4.52 Å². The maximum atomic E-state index is 12.0. The molecular formula is C19H25N5O2. The highest BCUT2D eigenvalue weighted by Gasteiger charge is 2.41. The molecule has 0 aliphatic carbocycles. The van der Waals surface area contributed by atoms with Crippen molar-refractivity contribution in [1.82, 2.24) is 24.9 Å². The number of likely N-dealkylation sites (tertiary alicyclic amines) is 2. The maximum Gasteiger partial charge on any atom is 0.244 e. The van der Waals surface area contributed by atoms with Crippen molar-refractivity contribution in [1.29, 1.82) is 0 Å². The van der Waals surface area contributed by atoms with Gasteiger partial charge in [0, 0.05) is 43.5 Å². The van der Waals surface area contributed by atoms with Crippen LogP contribution in [0.15, 0.2) is 29.0 Å². The Bertz CT molecular complexity index is 762. The van der Waals surface area contributed by atoms with Crippen LogP contribution in [-0.4, -0.2) is 56.0 Å². The van der Waals surface area contributed by atoms with Crippen molar-refractivity contribution in [3.63, 3.8) is 0 Å². The molecule has 0 radical (unpaired) electrons. The van der Waals surface area contributed by atoms with Crippen molar-refractivity contribution in [3.05, 3.63) is 30.4 Å². The topological polar surface area (TPSA) is 75.4 Å². The Morgan fingerprint density at radius 3 is 2.85 bits per heavy atom. The van der Waals surface area contributed by atoms with Crippen molar-refractivity contribution >= 4 is 5.91 Å². The number of carbonyl (C=O) groups is 1. The molecule has 1 amide bonds. The number of hydrogen-bond donors (Lipinski definition) is 0. The lowest BCUT2D eigenvalue weighted by molar-refractivity contribution is -0.130. The molecule has 0 N–H and O–H groups in total. The van der Waals surface area contributed by atoms with Gasteiger partial charge in [-0.25, -0.2) is 0 Å². The van der Waals surface area contributed by atoms with Gasteiger partial charge in [-0.1, -0.05) is 5.16 Å². The van der Waals surface area contributed by atoms with E-state index in [1.54, 1.807) is 19.3 Å². The van der Waals surface area contributed by atoms with E-state index in [9.17, 15) is 4.79 Å². The Balaban J connectivity index is 1.53. The third kappa shape index (κ3) is 3.11. The zero-order chi connectivity index (χ0) is 18.1. The Morgan fingerprint density at radius 1 is 1.27 bits per heavy atom. The molecule has 2 saturated heterocycles. The van der Waals surface area contributed by atoms with Gasteiger partial charge in [0.05, 0.1) is 6.04 Å². The first-order valence-electron chi connectivity index (χ1n) is 9.42. The standard InChI is InChI=1S/C19H25N5O2/c1-13(19-21-18(22-26-19)15-6-3-9-20-12-15)23-10-4-7-16(23)17-8-5-11-24(17)14(2)25/h3,6,9,12-13,16-17H,4-5,7-8,10-11H2,1-2H3/t13-,16-,17+/m0/s1. The highest BCUT2D eigenvalue weighted by Crippen LogP contribution is 2.35. The summed E-state index contributed by atoms with van der Waals surface area (Å²) in [5.41, 5.74) is 0.853. The summed E-state index contributed by atoms with van der Waals surface area (Å²) in [5.74, 6) is 1.38. The fourth-order valence-corrected chi connectivity index (χ4v) is 4.45. The van der Waals surface area contributed by atoms with E-state index in [0.29, 0.717) is 23.8 Å². The largest absolute Gasteiger partial charge is 0.338 e. The molecule has 4 rings (SSSR count). The smallest absolute Gasteiger partial charge is 0.244 e. The minimum absolute atomic E-state index is 0.0369. The van der Waals surface area contributed by atoms with Gasteiger partial charge in [0.1, 0.15) is 0 Å². The van der Waals surface area contributed by atoms with Gasteiger partial charge in [0.15, 0.2) is 0 Å². The molecule has 7 heteroatoms. The minimum atomic E-state index is 0.0369. The molecule has 0 saturated carbocycles. The molecule has 2 aromatic rings. The van der Waals surface area contributed by atoms with Gasteiger partial charge >= 0.3 is 0 Å². The lowest BCUT2D eigenvalue weighted by atomic mass is 10.0. The summed E-state index contributed by atoms with van der Waals surface area (Å²) in [6.07, 6.45) is 7.89. The molecule has 3 atom stereocenters. The number of carbonyl (C=O) groups excluding carboxylic acids is 1. The molecule has 4 heterocycles. The molecule has 2 aliphatic heterocycles. The van der Waals surface area contributed by atoms with Gasteiger partial charge in [-0.2, -0.15) is 4.98 Å². The zero-order valence-electron chi connectivity index (χ0n) is 15.3. The summed E-state index contributed by atoms with van der Waals surface area (Å²) in [5, 5.41) is 4.13. The molecule has 2 aromatic heterocycles. The lowest BCUT2D eigenvalue weighted by Gasteiger charge is -2.36. The van der Waals surface area contributed by atoms with E-state index < -0.39 is 0 Å². The third-order valence-electron chi connectivity index (χ3n) is 5.71. The SMILES string of the molecule is CC(=O)N1CCC[C@@H]1[C@@H]1CCCN1[C@@H](C)c1nc(-c2cccnc2)no1. The average Bonchev–Trinajstić information content (AvgIpc) is 3.40. The zero-order valence-corrected chi connectivity index (χ0v) is 15.3. The minimum Gasteiger partial charge on any atom is -0.338 e. The number of pyridine rings is 1. The van der Waals surface area contributed by atoms with Gasteiger partial charge in [-0.05, 0) is 51.3 Å². The monoisotopic (exact) mass is 355 g/mol. The van der Waals surface area contributed by atoms with E-state index in [1.165, 1.54) is 0 Å². The quantitative estimate of drug-likeness (QED) is 0.839. The van der Waals surface area contributed by atoms with Crippen LogP contribution < -0.4 is 0 Å². The average molecular weight is 355 g/mol. The van der Waals surface area contributed by atoms with Crippen LogP contribution in [0, 0.1) is 0 Å². The lowest BCUT2D eigenvalue weighted by Crippen LogP contribution is -2.48. The predicted molar refractivity (Wildman–Crippen MR) is 96.1 cm³/mol. The van der Waals surface area contributed by atoms with Crippen LogP contribution >= 0.6 is 0 Å². The highest BCUT2D eigenvalue weighted by atomic mass is 16.5. The molecule has 0 aromatic carbocycles. The summed E-state index contributed by atoms with van der Waals surface area (Å²) < 4.78 is 5.57. The number of hydrogen-bond acceptors (Lipinski definition) is 6. The summed E-state index contributed by atoms with van der Waals surface area (Å²) in [6, 6.07) is 4.49. The van der Waals surface area contributed by atoms with Gasteiger partial charge in [-0.3, -0.25) is 14.7 Å². The number of nitrogens with zero attached hydrogens (tertiary/aromatic N) is 5. The van der Waals surface area contributed by atoms with Crippen molar-refractivity contribution in [2.75, 3.05) is 13.1 Å². The van der Waals surface area contributed by atoms with Gasteiger partial charge in [0.25, 0.3) is 0 Å². The van der Waals surface area contributed by atoms with Crippen molar-refractivity contribution < 1.29 is 9.32 Å². The summed E-state index contributed by atoms with van der Waals surface area (Å²) in [7, 11) is 0. The summed E-state index contributed by atoms with van der Waals surface area (Å²) in [6.45, 7) is 5.67. The van der Waals surface area contributed by atoms with E-state index in [0.717, 1.165) is 44.3 Å². The predicted octanol–water partition coefficient (Wildman–Crippen LogP) is 2.67. The van der Waals surface area contributed by atoms with Crippen molar-refractivity contribution in [2.24, 2.45) is 0 Å². The number of rotatable bonds is 4. The molecule has 2 fully saturated rings. The number of amides is 1.